The highest BCUT2D eigenvalue weighted by molar-refractivity contribution is 7.91. The van der Waals surface area contributed by atoms with Crippen molar-refractivity contribution in [3.63, 3.8) is 0 Å². The molecule has 96 valence electrons. The number of oxazole rings is 1. The van der Waals surface area contributed by atoms with E-state index >= 15 is 0 Å². The van der Waals surface area contributed by atoms with Gasteiger partial charge in [0.2, 0.25) is 5.89 Å². The lowest BCUT2D eigenvalue weighted by molar-refractivity contribution is 0.355. The van der Waals surface area contributed by atoms with Gasteiger partial charge in [-0.15, -0.1) is 0 Å². The summed E-state index contributed by atoms with van der Waals surface area (Å²) in [6.45, 7) is 3.84. The lowest BCUT2D eigenvalue weighted by Crippen LogP contribution is -2.38. The van der Waals surface area contributed by atoms with E-state index in [1.807, 2.05) is 13.8 Å². The molecule has 1 N–H and O–H groups in total. The molecule has 0 aliphatic carbocycles. The van der Waals surface area contributed by atoms with Gasteiger partial charge in [-0.25, -0.2) is 13.4 Å². The summed E-state index contributed by atoms with van der Waals surface area (Å²) < 4.78 is 28.0. The van der Waals surface area contributed by atoms with E-state index in [-0.39, 0.29) is 23.6 Å². The predicted octanol–water partition coefficient (Wildman–Crippen LogP) is 1.21. The van der Waals surface area contributed by atoms with Gasteiger partial charge in [-0.2, -0.15) is 0 Å². The summed E-state index contributed by atoms with van der Waals surface area (Å²) in [6.07, 6.45) is 3.04. The molecule has 6 heteroatoms. The van der Waals surface area contributed by atoms with Crippen LogP contribution in [-0.4, -0.2) is 30.9 Å². The quantitative estimate of drug-likeness (QED) is 0.882. The first-order valence-corrected chi connectivity index (χ1v) is 7.67. The lowest BCUT2D eigenvalue weighted by atomic mass is 10.1. The molecule has 1 fully saturated rings. The zero-order valence-electron chi connectivity index (χ0n) is 10.1. The molecular formula is C11H18N2O3S. The average molecular weight is 258 g/mol. The Morgan fingerprint density at radius 1 is 1.47 bits per heavy atom. The largest absolute Gasteiger partial charge is 0.444 e. The molecule has 1 saturated heterocycles. The maximum atomic E-state index is 11.3. The number of hydrogen-bond donors (Lipinski definition) is 1. The van der Waals surface area contributed by atoms with E-state index in [2.05, 4.69) is 10.3 Å². The van der Waals surface area contributed by atoms with Gasteiger partial charge in [0, 0.05) is 6.04 Å². The summed E-state index contributed by atoms with van der Waals surface area (Å²) in [4.78, 5) is 4.16. The summed E-state index contributed by atoms with van der Waals surface area (Å²) in [5.41, 5.74) is 0. The Morgan fingerprint density at radius 3 is 2.65 bits per heavy atom. The number of aromatic nitrogens is 1. The molecular weight excluding hydrogens is 240 g/mol. The molecule has 2 heterocycles. The topological polar surface area (TPSA) is 72.2 Å². The van der Waals surface area contributed by atoms with Gasteiger partial charge in [0.05, 0.1) is 23.7 Å². The maximum absolute atomic E-state index is 11.3. The minimum atomic E-state index is -2.79. The van der Waals surface area contributed by atoms with Gasteiger partial charge < -0.3 is 9.73 Å². The molecule has 1 aromatic heterocycles. The Morgan fingerprint density at radius 2 is 2.12 bits per heavy atom. The molecule has 1 atom stereocenters. The summed E-state index contributed by atoms with van der Waals surface area (Å²) in [7, 11) is -2.79. The van der Waals surface area contributed by atoms with Gasteiger partial charge in [-0.05, 0) is 26.7 Å². The molecule has 0 saturated carbocycles. The van der Waals surface area contributed by atoms with Crippen LogP contribution in [0.25, 0.3) is 0 Å². The van der Waals surface area contributed by atoms with Crippen molar-refractivity contribution in [1.82, 2.24) is 10.3 Å². The molecule has 5 nitrogen and oxygen atoms in total. The Labute approximate surface area is 102 Å². The normalized spacial score (nSPS) is 22.5. The maximum Gasteiger partial charge on any atom is 0.211 e. The number of nitrogens with one attached hydrogen (secondary N) is 1. The summed E-state index contributed by atoms with van der Waals surface area (Å²) in [5.74, 6) is 2.01. The van der Waals surface area contributed by atoms with Crippen LogP contribution < -0.4 is 5.32 Å². The summed E-state index contributed by atoms with van der Waals surface area (Å²) >= 11 is 0. The van der Waals surface area contributed by atoms with Crippen molar-refractivity contribution in [1.29, 1.82) is 0 Å². The highest BCUT2D eigenvalue weighted by Crippen LogP contribution is 2.18. The number of nitrogens with zero attached hydrogens (tertiary/aromatic N) is 1. The van der Waals surface area contributed by atoms with Gasteiger partial charge in [0.1, 0.15) is 15.6 Å². The van der Waals surface area contributed by atoms with Crippen molar-refractivity contribution in [2.75, 3.05) is 11.5 Å². The lowest BCUT2D eigenvalue weighted by Gasteiger charge is -2.25. The fraction of sp³-hybridized carbons (Fsp3) is 0.727. The molecule has 17 heavy (non-hydrogen) atoms. The van der Waals surface area contributed by atoms with Gasteiger partial charge in [0.25, 0.3) is 0 Å². The molecule has 0 radical (unpaired) electrons. The van der Waals surface area contributed by atoms with Crippen molar-refractivity contribution >= 4 is 9.84 Å². The summed E-state index contributed by atoms with van der Waals surface area (Å²) in [5, 5.41) is 3.37. The number of rotatable bonds is 3. The van der Waals surface area contributed by atoms with Crippen LogP contribution in [0.4, 0.5) is 0 Å². The molecule has 1 aliphatic heterocycles. The second-order valence-electron chi connectivity index (χ2n) is 4.62. The highest BCUT2D eigenvalue weighted by Gasteiger charge is 2.25. The SMILES string of the molecule is Cc1cnc(C(C)NC2CCS(=O)(=O)CC2)o1. The van der Waals surface area contributed by atoms with E-state index in [9.17, 15) is 8.42 Å². The first-order valence-electron chi connectivity index (χ1n) is 5.85. The minimum Gasteiger partial charge on any atom is -0.444 e. The Hall–Kier alpha value is -0.880. The average Bonchev–Trinajstić information content (AvgIpc) is 2.68. The zero-order chi connectivity index (χ0) is 12.5. The van der Waals surface area contributed by atoms with Crippen LogP contribution in [0.3, 0.4) is 0 Å². The van der Waals surface area contributed by atoms with Crippen LogP contribution in [0.2, 0.25) is 0 Å². The number of hydrogen-bond acceptors (Lipinski definition) is 5. The van der Waals surface area contributed by atoms with Gasteiger partial charge in [-0.3, -0.25) is 0 Å². The van der Waals surface area contributed by atoms with Gasteiger partial charge in [-0.1, -0.05) is 0 Å². The molecule has 2 rings (SSSR count). The first kappa shape index (κ1) is 12.6. The fourth-order valence-corrected chi connectivity index (χ4v) is 3.55. The third-order valence-electron chi connectivity index (χ3n) is 3.05. The molecule has 1 aromatic rings. The Kier molecular flexibility index (Phi) is 3.53. The van der Waals surface area contributed by atoms with E-state index in [1.54, 1.807) is 6.20 Å². The van der Waals surface area contributed by atoms with E-state index in [4.69, 9.17) is 4.42 Å². The molecule has 0 bridgehead atoms. The van der Waals surface area contributed by atoms with E-state index < -0.39 is 9.84 Å². The standard InChI is InChI=1S/C11H18N2O3S/c1-8-7-12-11(16-8)9(2)13-10-3-5-17(14,15)6-4-10/h7,9-10,13H,3-6H2,1-2H3. The van der Waals surface area contributed by atoms with Crippen LogP contribution in [0, 0.1) is 6.92 Å². The molecule has 0 spiro atoms. The third kappa shape index (κ3) is 3.29. The summed E-state index contributed by atoms with van der Waals surface area (Å²) in [6, 6.07) is 0.259. The highest BCUT2D eigenvalue weighted by atomic mass is 32.2. The van der Waals surface area contributed by atoms with Crippen molar-refractivity contribution in [3.05, 3.63) is 17.8 Å². The Balaban J connectivity index is 1.90. The molecule has 1 unspecified atom stereocenters. The Bertz CT molecular complexity index is 467. The van der Waals surface area contributed by atoms with Gasteiger partial charge >= 0.3 is 0 Å². The zero-order valence-corrected chi connectivity index (χ0v) is 11.0. The third-order valence-corrected chi connectivity index (χ3v) is 4.77. The number of sulfone groups is 1. The minimum absolute atomic E-state index is 0.0227. The van der Waals surface area contributed by atoms with Crippen molar-refractivity contribution in [2.24, 2.45) is 0 Å². The predicted molar refractivity (Wildman–Crippen MR) is 64.5 cm³/mol. The molecule has 0 amide bonds. The second kappa shape index (κ2) is 4.78. The van der Waals surface area contributed by atoms with Crippen LogP contribution in [0.15, 0.2) is 10.6 Å². The molecule has 0 aromatic carbocycles. The monoisotopic (exact) mass is 258 g/mol. The fourth-order valence-electron chi connectivity index (χ4n) is 2.05. The van der Waals surface area contributed by atoms with Crippen molar-refractivity contribution < 1.29 is 12.8 Å². The number of aryl methyl sites for hydroxylation is 1. The van der Waals surface area contributed by atoms with Gasteiger partial charge in [0.15, 0.2) is 0 Å². The van der Waals surface area contributed by atoms with Crippen LogP contribution in [0.1, 0.15) is 37.5 Å². The van der Waals surface area contributed by atoms with Crippen LogP contribution >= 0.6 is 0 Å². The van der Waals surface area contributed by atoms with Crippen LogP contribution in [-0.2, 0) is 9.84 Å². The second-order valence-corrected chi connectivity index (χ2v) is 6.93. The van der Waals surface area contributed by atoms with Crippen LogP contribution in [0.5, 0.6) is 0 Å². The van der Waals surface area contributed by atoms with Crippen molar-refractivity contribution in [3.8, 4) is 0 Å². The smallest absolute Gasteiger partial charge is 0.211 e. The molecule has 1 aliphatic rings. The first-order chi connectivity index (χ1) is 7.96. The van der Waals surface area contributed by atoms with E-state index in [0.717, 1.165) is 5.76 Å². The van der Waals surface area contributed by atoms with Crippen molar-refractivity contribution in [2.45, 2.75) is 38.8 Å². The van der Waals surface area contributed by atoms with E-state index in [0.29, 0.717) is 18.7 Å². The van der Waals surface area contributed by atoms with E-state index in [1.165, 1.54) is 0 Å².